The summed E-state index contributed by atoms with van der Waals surface area (Å²) in [6.45, 7) is 9.08. The van der Waals surface area contributed by atoms with E-state index >= 15 is 0 Å². The van der Waals surface area contributed by atoms with Gasteiger partial charge in [-0.2, -0.15) is 0 Å². The molecule has 202 valence electrons. The summed E-state index contributed by atoms with van der Waals surface area (Å²) in [5.41, 5.74) is 2.28. The molecule has 0 spiro atoms. The maximum Gasteiger partial charge on any atom is 0.122 e. The second-order valence-corrected chi connectivity index (χ2v) is 10.2. The van der Waals surface area contributed by atoms with Gasteiger partial charge in [0, 0.05) is 6.54 Å². The first-order valence-corrected chi connectivity index (χ1v) is 12.9. The molecule has 36 heavy (non-hydrogen) atoms. The van der Waals surface area contributed by atoms with E-state index in [0.29, 0.717) is 32.7 Å². The summed E-state index contributed by atoms with van der Waals surface area (Å²) >= 11 is 0. The Labute approximate surface area is 216 Å². The molecule has 0 aliphatic rings. The molecule has 0 aliphatic carbocycles. The number of aliphatic hydroxyl groups is 4. The summed E-state index contributed by atoms with van der Waals surface area (Å²) in [6, 6.07) is 12.2. The van der Waals surface area contributed by atoms with Crippen molar-refractivity contribution in [1.82, 2.24) is 5.32 Å². The molecule has 2 atom stereocenters. The molecular weight excluding hydrogens is 458 g/mol. The van der Waals surface area contributed by atoms with Crippen LogP contribution in [0.3, 0.4) is 0 Å². The first-order chi connectivity index (χ1) is 17.1. The van der Waals surface area contributed by atoms with E-state index < -0.39 is 11.2 Å². The molecule has 0 aliphatic heterocycles. The Hall–Kier alpha value is -2.16. The minimum atomic E-state index is -1.11. The van der Waals surface area contributed by atoms with Crippen molar-refractivity contribution in [3.63, 3.8) is 0 Å². The molecule has 0 bridgehead atoms. The molecule has 2 rings (SSSR count). The average Bonchev–Trinajstić information content (AvgIpc) is 2.85. The predicted molar refractivity (Wildman–Crippen MR) is 144 cm³/mol. The van der Waals surface area contributed by atoms with E-state index in [1.54, 1.807) is 13.8 Å². The Morgan fingerprint density at radius 1 is 0.722 bits per heavy atom. The summed E-state index contributed by atoms with van der Waals surface area (Å²) in [5.74, 6) is 1.71. The molecule has 7 heteroatoms. The van der Waals surface area contributed by atoms with Crippen LogP contribution >= 0.6 is 0 Å². The van der Waals surface area contributed by atoms with Crippen LogP contribution in [0.2, 0.25) is 0 Å². The highest BCUT2D eigenvalue weighted by molar-refractivity contribution is 5.74. The van der Waals surface area contributed by atoms with Crippen molar-refractivity contribution in [3.8, 4) is 22.6 Å². The highest BCUT2D eigenvalue weighted by atomic mass is 16.5. The van der Waals surface area contributed by atoms with Gasteiger partial charge in [0.15, 0.2) is 0 Å². The van der Waals surface area contributed by atoms with Crippen LogP contribution in [-0.4, -0.2) is 71.1 Å². The quantitative estimate of drug-likeness (QED) is 0.209. The molecule has 0 heterocycles. The lowest BCUT2D eigenvalue weighted by Gasteiger charge is -2.20. The summed E-state index contributed by atoms with van der Waals surface area (Å²) in [5, 5.41) is 41.1. The molecule has 0 saturated carbocycles. The number of nitrogens with one attached hydrogen (secondary N) is 1. The molecule has 2 aromatic carbocycles. The number of ether oxygens (including phenoxy) is 2. The van der Waals surface area contributed by atoms with Gasteiger partial charge in [0.1, 0.15) is 11.5 Å². The van der Waals surface area contributed by atoms with E-state index in [-0.39, 0.29) is 13.2 Å². The van der Waals surface area contributed by atoms with E-state index in [0.717, 1.165) is 59.4 Å². The Balaban J connectivity index is 1.90. The molecule has 0 radical (unpaired) electrons. The summed E-state index contributed by atoms with van der Waals surface area (Å²) in [6.07, 6.45) is 4.04. The second-order valence-electron chi connectivity index (χ2n) is 10.2. The Kier molecular flexibility index (Phi) is 12.1. The van der Waals surface area contributed by atoms with Crippen molar-refractivity contribution in [2.45, 2.75) is 71.0 Å². The monoisotopic (exact) mass is 503 g/mol. The van der Waals surface area contributed by atoms with Crippen LogP contribution in [0.25, 0.3) is 11.1 Å². The standard InChI is InChI=1S/C29H45NO6/c1-22-24(11-8-13-26(22)35-17-7-5-6-15-28(3,33)20-31)25-12-9-14-27(23(25)2)36-18-10-16-30-19-29(4,34)21-32/h8-9,11-14,30-34H,5-7,10,15-21H2,1-4H3. The van der Waals surface area contributed by atoms with Crippen LogP contribution in [0.1, 0.15) is 57.1 Å². The van der Waals surface area contributed by atoms with Gasteiger partial charge in [0.25, 0.3) is 0 Å². The number of rotatable bonds is 17. The number of hydrogen-bond acceptors (Lipinski definition) is 7. The van der Waals surface area contributed by atoms with Gasteiger partial charge in [-0.3, -0.25) is 0 Å². The largest absolute Gasteiger partial charge is 0.493 e. The second kappa shape index (κ2) is 14.5. The third-order valence-electron chi connectivity index (χ3n) is 6.42. The lowest BCUT2D eigenvalue weighted by molar-refractivity contribution is -0.00707. The fourth-order valence-corrected chi connectivity index (χ4v) is 3.96. The molecule has 2 unspecified atom stereocenters. The topological polar surface area (TPSA) is 111 Å². The molecule has 2 aromatic rings. The Morgan fingerprint density at radius 2 is 1.25 bits per heavy atom. The zero-order valence-electron chi connectivity index (χ0n) is 22.3. The number of benzene rings is 2. The van der Waals surface area contributed by atoms with Crippen LogP contribution in [-0.2, 0) is 0 Å². The highest BCUT2D eigenvalue weighted by Gasteiger charge is 2.18. The van der Waals surface area contributed by atoms with Gasteiger partial charge >= 0.3 is 0 Å². The first kappa shape index (κ1) is 30.1. The zero-order chi connectivity index (χ0) is 26.6. The Bertz CT molecular complexity index is 852. The molecular formula is C29H45NO6. The smallest absolute Gasteiger partial charge is 0.122 e. The van der Waals surface area contributed by atoms with E-state index in [4.69, 9.17) is 19.7 Å². The van der Waals surface area contributed by atoms with Crippen molar-refractivity contribution in [3.05, 3.63) is 47.5 Å². The van der Waals surface area contributed by atoms with Crippen molar-refractivity contribution in [2.75, 3.05) is 39.5 Å². The molecule has 0 fully saturated rings. The van der Waals surface area contributed by atoms with Gasteiger partial charge in [-0.25, -0.2) is 0 Å². The fraction of sp³-hybridized carbons (Fsp3) is 0.586. The van der Waals surface area contributed by atoms with Gasteiger partial charge in [-0.1, -0.05) is 30.7 Å². The maximum absolute atomic E-state index is 9.88. The van der Waals surface area contributed by atoms with Gasteiger partial charge in [-0.05, 0) is 94.3 Å². The number of aliphatic hydroxyl groups excluding tert-OH is 2. The summed E-state index contributed by atoms with van der Waals surface area (Å²) in [4.78, 5) is 0. The SMILES string of the molecule is Cc1c(OCCCCCC(C)(O)CO)cccc1-c1cccc(OCCCNCC(C)(O)CO)c1C. The van der Waals surface area contributed by atoms with E-state index in [9.17, 15) is 10.2 Å². The molecule has 0 saturated heterocycles. The van der Waals surface area contributed by atoms with E-state index in [2.05, 4.69) is 31.3 Å². The third-order valence-corrected chi connectivity index (χ3v) is 6.42. The Morgan fingerprint density at radius 3 is 1.78 bits per heavy atom. The van der Waals surface area contributed by atoms with Crippen molar-refractivity contribution in [2.24, 2.45) is 0 Å². The van der Waals surface area contributed by atoms with Gasteiger partial charge in [0.05, 0.1) is 37.6 Å². The van der Waals surface area contributed by atoms with Crippen molar-refractivity contribution in [1.29, 1.82) is 0 Å². The van der Waals surface area contributed by atoms with Gasteiger partial charge < -0.3 is 35.2 Å². The van der Waals surface area contributed by atoms with Crippen LogP contribution in [0.5, 0.6) is 11.5 Å². The first-order valence-electron chi connectivity index (χ1n) is 12.9. The maximum atomic E-state index is 9.88. The molecule has 0 amide bonds. The minimum absolute atomic E-state index is 0.214. The van der Waals surface area contributed by atoms with Crippen LogP contribution in [0.4, 0.5) is 0 Å². The predicted octanol–water partition coefficient (Wildman–Crippen LogP) is 3.75. The van der Waals surface area contributed by atoms with E-state index in [1.807, 2.05) is 24.3 Å². The zero-order valence-corrected chi connectivity index (χ0v) is 22.3. The summed E-state index contributed by atoms with van der Waals surface area (Å²) < 4.78 is 12.1. The third kappa shape index (κ3) is 9.71. The van der Waals surface area contributed by atoms with Gasteiger partial charge in [0.2, 0.25) is 0 Å². The number of unbranched alkanes of at least 4 members (excludes halogenated alkanes) is 2. The fourth-order valence-electron chi connectivity index (χ4n) is 3.96. The summed E-state index contributed by atoms with van der Waals surface area (Å²) in [7, 11) is 0. The minimum Gasteiger partial charge on any atom is -0.493 e. The van der Waals surface area contributed by atoms with Gasteiger partial charge in [-0.15, -0.1) is 0 Å². The lowest BCUT2D eigenvalue weighted by atomic mass is 9.95. The molecule has 0 aromatic heterocycles. The normalized spacial score (nSPS) is 14.8. The van der Waals surface area contributed by atoms with Crippen LogP contribution < -0.4 is 14.8 Å². The lowest BCUT2D eigenvalue weighted by Crippen LogP contribution is -2.41. The van der Waals surface area contributed by atoms with E-state index in [1.165, 1.54) is 0 Å². The van der Waals surface area contributed by atoms with Crippen LogP contribution in [0, 0.1) is 13.8 Å². The number of hydrogen-bond donors (Lipinski definition) is 5. The average molecular weight is 504 g/mol. The van der Waals surface area contributed by atoms with Crippen molar-refractivity contribution < 1.29 is 29.9 Å². The van der Waals surface area contributed by atoms with Crippen LogP contribution in [0.15, 0.2) is 36.4 Å². The molecule has 7 nitrogen and oxygen atoms in total. The highest BCUT2D eigenvalue weighted by Crippen LogP contribution is 2.35. The molecule has 5 N–H and O–H groups in total. The van der Waals surface area contributed by atoms with Crippen molar-refractivity contribution >= 4 is 0 Å².